The molecule has 1 amide bonds. The maximum absolute atomic E-state index is 12.7. The standard InChI is InChI=1S/C21H24N4OS/c1-3-13-25(14-17-11-9-16(2)10-12-17)19(26)15-27-21-22-20(23-24-21)18-7-5-4-6-8-18/h4-12H,3,13-15H2,1-2H3,(H,22,23,24). The molecular formula is C21H24N4OS. The van der Waals surface area contributed by atoms with Crippen LogP contribution in [-0.2, 0) is 11.3 Å². The number of rotatable bonds is 8. The van der Waals surface area contributed by atoms with Crippen molar-refractivity contribution >= 4 is 17.7 Å². The first-order chi connectivity index (χ1) is 13.2. The van der Waals surface area contributed by atoms with Gasteiger partial charge in [0.05, 0.1) is 5.75 Å². The lowest BCUT2D eigenvalue weighted by atomic mass is 10.1. The van der Waals surface area contributed by atoms with Gasteiger partial charge in [0, 0.05) is 18.7 Å². The summed E-state index contributed by atoms with van der Waals surface area (Å²) in [4.78, 5) is 19.1. The molecule has 5 nitrogen and oxygen atoms in total. The van der Waals surface area contributed by atoms with E-state index < -0.39 is 0 Å². The number of aromatic amines is 1. The summed E-state index contributed by atoms with van der Waals surface area (Å²) >= 11 is 1.37. The first kappa shape index (κ1) is 19.2. The van der Waals surface area contributed by atoms with Gasteiger partial charge in [-0.05, 0) is 18.9 Å². The van der Waals surface area contributed by atoms with Gasteiger partial charge in [-0.15, -0.1) is 5.10 Å². The number of nitrogens with zero attached hydrogens (tertiary/aromatic N) is 3. The fourth-order valence-electron chi connectivity index (χ4n) is 2.73. The molecule has 2 aromatic carbocycles. The third kappa shape index (κ3) is 5.44. The second-order valence-electron chi connectivity index (χ2n) is 6.42. The summed E-state index contributed by atoms with van der Waals surface area (Å²) in [5, 5.41) is 7.75. The van der Waals surface area contributed by atoms with E-state index in [2.05, 4.69) is 53.3 Å². The van der Waals surface area contributed by atoms with Gasteiger partial charge in [0.1, 0.15) is 0 Å². The number of H-pyrrole nitrogens is 1. The van der Waals surface area contributed by atoms with Gasteiger partial charge < -0.3 is 4.90 Å². The normalized spacial score (nSPS) is 10.7. The molecule has 0 bridgehead atoms. The number of hydrogen-bond acceptors (Lipinski definition) is 4. The second-order valence-corrected chi connectivity index (χ2v) is 7.36. The monoisotopic (exact) mass is 380 g/mol. The van der Waals surface area contributed by atoms with E-state index in [0.29, 0.717) is 17.5 Å². The first-order valence-electron chi connectivity index (χ1n) is 9.09. The van der Waals surface area contributed by atoms with Crippen LogP contribution >= 0.6 is 11.8 Å². The molecule has 0 saturated carbocycles. The molecule has 0 atom stereocenters. The van der Waals surface area contributed by atoms with Crippen molar-refractivity contribution in [1.82, 2.24) is 20.1 Å². The zero-order chi connectivity index (χ0) is 19.1. The van der Waals surface area contributed by atoms with E-state index in [1.54, 1.807) is 0 Å². The molecule has 0 aliphatic heterocycles. The third-order valence-corrected chi connectivity index (χ3v) is 5.01. The van der Waals surface area contributed by atoms with E-state index in [-0.39, 0.29) is 5.91 Å². The van der Waals surface area contributed by atoms with E-state index >= 15 is 0 Å². The lowest BCUT2D eigenvalue weighted by molar-refractivity contribution is -0.129. The summed E-state index contributed by atoms with van der Waals surface area (Å²) in [6.07, 6.45) is 0.932. The van der Waals surface area contributed by atoms with Crippen molar-refractivity contribution in [2.45, 2.75) is 32.0 Å². The van der Waals surface area contributed by atoms with Crippen LogP contribution < -0.4 is 0 Å². The molecule has 3 rings (SSSR count). The molecule has 0 radical (unpaired) electrons. The van der Waals surface area contributed by atoms with Gasteiger partial charge in [-0.2, -0.15) is 0 Å². The minimum atomic E-state index is 0.105. The largest absolute Gasteiger partial charge is 0.338 e. The number of amides is 1. The summed E-state index contributed by atoms with van der Waals surface area (Å²) in [5.74, 6) is 1.15. The maximum atomic E-state index is 12.7. The Bertz CT molecular complexity index is 861. The summed E-state index contributed by atoms with van der Waals surface area (Å²) in [6.45, 7) is 5.53. The summed E-state index contributed by atoms with van der Waals surface area (Å²) in [6, 6.07) is 18.2. The predicted octanol–water partition coefficient (Wildman–Crippen LogP) is 4.31. The number of nitrogens with one attached hydrogen (secondary N) is 1. The zero-order valence-corrected chi connectivity index (χ0v) is 16.5. The Hall–Kier alpha value is -2.60. The minimum Gasteiger partial charge on any atom is -0.338 e. The van der Waals surface area contributed by atoms with E-state index in [1.807, 2.05) is 35.2 Å². The molecule has 0 fully saturated rings. The number of thioether (sulfide) groups is 1. The van der Waals surface area contributed by atoms with E-state index in [1.165, 1.54) is 17.3 Å². The van der Waals surface area contributed by atoms with Crippen LogP contribution in [0, 0.1) is 6.92 Å². The van der Waals surface area contributed by atoms with Crippen molar-refractivity contribution in [3.8, 4) is 11.4 Å². The molecule has 0 saturated heterocycles. The van der Waals surface area contributed by atoms with Gasteiger partial charge in [-0.1, -0.05) is 78.8 Å². The van der Waals surface area contributed by atoms with Gasteiger partial charge in [-0.3, -0.25) is 9.89 Å². The second kappa shape index (κ2) is 9.37. The van der Waals surface area contributed by atoms with Crippen molar-refractivity contribution in [3.05, 3.63) is 65.7 Å². The highest BCUT2D eigenvalue weighted by Gasteiger charge is 2.15. The predicted molar refractivity (Wildman–Crippen MR) is 109 cm³/mol. The molecule has 140 valence electrons. The fourth-order valence-corrected chi connectivity index (χ4v) is 3.43. The van der Waals surface area contributed by atoms with Gasteiger partial charge in [0.25, 0.3) is 0 Å². The highest BCUT2D eigenvalue weighted by molar-refractivity contribution is 7.99. The fraction of sp³-hybridized carbons (Fsp3) is 0.286. The third-order valence-electron chi connectivity index (χ3n) is 4.18. The minimum absolute atomic E-state index is 0.105. The number of aromatic nitrogens is 3. The highest BCUT2D eigenvalue weighted by atomic mass is 32.2. The molecule has 3 aromatic rings. The molecule has 0 aliphatic rings. The van der Waals surface area contributed by atoms with Gasteiger partial charge in [0.2, 0.25) is 11.1 Å². The van der Waals surface area contributed by atoms with E-state index in [4.69, 9.17) is 0 Å². The summed E-state index contributed by atoms with van der Waals surface area (Å²) in [5.41, 5.74) is 3.35. The number of carbonyl (C=O) groups is 1. The van der Waals surface area contributed by atoms with Crippen molar-refractivity contribution in [3.63, 3.8) is 0 Å². The smallest absolute Gasteiger partial charge is 0.233 e. The maximum Gasteiger partial charge on any atom is 0.233 e. The van der Waals surface area contributed by atoms with Crippen LogP contribution in [0.2, 0.25) is 0 Å². The van der Waals surface area contributed by atoms with E-state index in [9.17, 15) is 4.79 Å². The van der Waals surface area contributed by atoms with Crippen molar-refractivity contribution in [2.24, 2.45) is 0 Å². The molecule has 0 unspecified atom stereocenters. The Labute approximate surface area is 164 Å². The van der Waals surface area contributed by atoms with Gasteiger partial charge >= 0.3 is 0 Å². The molecular weight excluding hydrogens is 356 g/mol. The van der Waals surface area contributed by atoms with E-state index in [0.717, 1.165) is 29.9 Å². The molecule has 0 spiro atoms. The first-order valence-corrected chi connectivity index (χ1v) is 10.1. The molecule has 6 heteroatoms. The number of benzene rings is 2. The molecule has 1 N–H and O–H groups in total. The van der Waals surface area contributed by atoms with Crippen LogP contribution in [0.3, 0.4) is 0 Å². The topological polar surface area (TPSA) is 61.9 Å². The lowest BCUT2D eigenvalue weighted by Crippen LogP contribution is -2.32. The summed E-state index contributed by atoms with van der Waals surface area (Å²) in [7, 11) is 0. The number of hydrogen-bond donors (Lipinski definition) is 1. The Morgan fingerprint density at radius 1 is 1.11 bits per heavy atom. The Morgan fingerprint density at radius 2 is 1.85 bits per heavy atom. The number of aryl methyl sites for hydroxylation is 1. The Kier molecular flexibility index (Phi) is 6.65. The van der Waals surface area contributed by atoms with Gasteiger partial charge in [0.15, 0.2) is 5.82 Å². The van der Waals surface area contributed by atoms with Crippen LogP contribution in [0.5, 0.6) is 0 Å². The summed E-state index contributed by atoms with van der Waals surface area (Å²) < 4.78 is 0. The van der Waals surface area contributed by atoms with Crippen molar-refractivity contribution < 1.29 is 4.79 Å². The molecule has 27 heavy (non-hydrogen) atoms. The van der Waals surface area contributed by atoms with Crippen LogP contribution in [0.25, 0.3) is 11.4 Å². The van der Waals surface area contributed by atoms with Crippen LogP contribution in [0.15, 0.2) is 59.8 Å². The Balaban J connectivity index is 1.59. The highest BCUT2D eigenvalue weighted by Crippen LogP contribution is 2.19. The Morgan fingerprint density at radius 3 is 2.56 bits per heavy atom. The SMILES string of the molecule is CCCN(Cc1ccc(C)cc1)C(=O)CSc1n[nH]c(-c2ccccc2)n1. The van der Waals surface area contributed by atoms with Crippen molar-refractivity contribution in [1.29, 1.82) is 0 Å². The average molecular weight is 381 g/mol. The number of carbonyl (C=O) groups excluding carboxylic acids is 1. The van der Waals surface area contributed by atoms with Crippen LogP contribution in [0.4, 0.5) is 0 Å². The lowest BCUT2D eigenvalue weighted by Gasteiger charge is -2.22. The van der Waals surface area contributed by atoms with Gasteiger partial charge in [-0.25, -0.2) is 4.98 Å². The zero-order valence-electron chi connectivity index (χ0n) is 15.7. The molecule has 1 aromatic heterocycles. The molecule has 0 aliphatic carbocycles. The van der Waals surface area contributed by atoms with Crippen molar-refractivity contribution in [2.75, 3.05) is 12.3 Å². The van der Waals surface area contributed by atoms with Crippen LogP contribution in [-0.4, -0.2) is 38.3 Å². The quantitative estimate of drug-likeness (QED) is 0.592. The average Bonchev–Trinajstić information content (AvgIpc) is 3.17. The van der Waals surface area contributed by atoms with Crippen LogP contribution in [0.1, 0.15) is 24.5 Å². The molecule has 1 heterocycles.